The minimum Gasteiger partial charge on any atom is -0.369 e. The fraction of sp³-hybridized carbons (Fsp3) is 0.471. The Morgan fingerprint density at radius 3 is 2.21 bits per heavy atom. The second-order valence-electron chi connectivity index (χ2n) is 6.11. The Bertz CT molecular complexity index is 700. The molecule has 1 aliphatic rings. The summed E-state index contributed by atoms with van der Waals surface area (Å²) in [4.78, 5) is 13.1. The smallest absolute Gasteiger partial charge is 0.280 e. The first-order valence-corrected chi connectivity index (χ1v) is 9.35. The van der Waals surface area contributed by atoms with E-state index in [9.17, 15) is 13.2 Å². The first-order valence-electron chi connectivity index (χ1n) is 7.91. The van der Waals surface area contributed by atoms with E-state index < -0.39 is 16.3 Å². The van der Waals surface area contributed by atoms with Gasteiger partial charge in [0.2, 0.25) is 0 Å². The standard InChI is InChI=1S/C17H23N3O3S/c1-4-15-5-7-16(8-6-15)19-9-11-20(12-10-19)24(22,23)18-17(13-21)14(2)3/h1,5-8,13-14,17-18H,9-12H2,2-3H3/t17-/m0/s1. The zero-order valence-electron chi connectivity index (χ0n) is 14.0. The van der Waals surface area contributed by atoms with Crippen LogP contribution in [0.5, 0.6) is 0 Å². The molecule has 2 rings (SSSR count). The van der Waals surface area contributed by atoms with E-state index >= 15 is 0 Å². The number of nitrogens with zero attached hydrogens (tertiary/aromatic N) is 2. The number of benzene rings is 1. The van der Waals surface area contributed by atoms with Crippen molar-refractivity contribution in [2.24, 2.45) is 5.92 Å². The molecule has 1 heterocycles. The predicted octanol–water partition coefficient (Wildman–Crippen LogP) is 0.848. The van der Waals surface area contributed by atoms with Gasteiger partial charge in [0.25, 0.3) is 10.2 Å². The van der Waals surface area contributed by atoms with Gasteiger partial charge in [-0.15, -0.1) is 6.42 Å². The minimum atomic E-state index is -3.66. The molecule has 1 N–H and O–H groups in total. The molecule has 0 saturated carbocycles. The zero-order chi connectivity index (χ0) is 17.7. The van der Waals surface area contributed by atoms with Gasteiger partial charge in [0.05, 0.1) is 6.04 Å². The summed E-state index contributed by atoms with van der Waals surface area (Å²) in [5.41, 5.74) is 1.84. The highest BCUT2D eigenvalue weighted by Gasteiger charge is 2.29. The SMILES string of the molecule is C#Cc1ccc(N2CCN(S(=O)(=O)N[C@@H](C=O)C(C)C)CC2)cc1. The minimum absolute atomic E-state index is 0.0896. The average Bonchev–Trinajstić information content (AvgIpc) is 2.59. The van der Waals surface area contributed by atoms with Gasteiger partial charge in [0.15, 0.2) is 0 Å². The molecule has 1 aromatic carbocycles. The van der Waals surface area contributed by atoms with Gasteiger partial charge in [-0.25, -0.2) is 0 Å². The number of hydrogen-bond acceptors (Lipinski definition) is 4. The monoisotopic (exact) mass is 349 g/mol. The van der Waals surface area contributed by atoms with Crippen LogP contribution in [-0.4, -0.2) is 51.2 Å². The van der Waals surface area contributed by atoms with Gasteiger partial charge in [0.1, 0.15) is 6.29 Å². The van der Waals surface area contributed by atoms with Gasteiger partial charge in [-0.1, -0.05) is 19.8 Å². The summed E-state index contributed by atoms with van der Waals surface area (Å²) < 4.78 is 28.7. The Morgan fingerprint density at radius 2 is 1.75 bits per heavy atom. The Morgan fingerprint density at radius 1 is 1.17 bits per heavy atom. The molecular weight excluding hydrogens is 326 g/mol. The van der Waals surface area contributed by atoms with Crippen molar-refractivity contribution in [1.29, 1.82) is 0 Å². The van der Waals surface area contributed by atoms with Crippen molar-refractivity contribution in [2.75, 3.05) is 31.1 Å². The third-order valence-corrected chi connectivity index (χ3v) is 5.74. The number of hydrogen-bond donors (Lipinski definition) is 1. The Balaban J connectivity index is 1.98. The molecule has 0 unspecified atom stereocenters. The molecule has 1 atom stereocenters. The van der Waals surface area contributed by atoms with Gasteiger partial charge in [-0.05, 0) is 30.2 Å². The number of terminal acetylenes is 1. The molecule has 130 valence electrons. The quantitative estimate of drug-likeness (QED) is 0.611. The van der Waals surface area contributed by atoms with Gasteiger partial charge in [-0.3, -0.25) is 0 Å². The van der Waals surface area contributed by atoms with E-state index in [0.29, 0.717) is 32.5 Å². The molecule has 1 fully saturated rings. The summed E-state index contributed by atoms with van der Waals surface area (Å²) in [6, 6.07) is 6.93. The van der Waals surface area contributed by atoms with E-state index in [1.165, 1.54) is 4.31 Å². The van der Waals surface area contributed by atoms with Crippen molar-refractivity contribution >= 4 is 22.2 Å². The third-order valence-electron chi connectivity index (χ3n) is 4.13. The van der Waals surface area contributed by atoms with Gasteiger partial charge >= 0.3 is 0 Å². The number of rotatable bonds is 6. The Labute approximate surface area is 144 Å². The number of anilines is 1. The van der Waals surface area contributed by atoms with Crippen LogP contribution < -0.4 is 9.62 Å². The van der Waals surface area contributed by atoms with E-state index in [2.05, 4.69) is 15.5 Å². The van der Waals surface area contributed by atoms with E-state index in [1.54, 1.807) is 13.8 Å². The van der Waals surface area contributed by atoms with E-state index in [4.69, 9.17) is 6.42 Å². The van der Waals surface area contributed by atoms with Crippen molar-refractivity contribution in [3.05, 3.63) is 29.8 Å². The maximum absolute atomic E-state index is 12.4. The van der Waals surface area contributed by atoms with Crippen LogP contribution in [0.1, 0.15) is 19.4 Å². The maximum Gasteiger partial charge on any atom is 0.280 e. The van der Waals surface area contributed by atoms with Crippen LogP contribution in [0, 0.1) is 18.3 Å². The fourth-order valence-corrected chi connectivity index (χ4v) is 3.99. The van der Waals surface area contributed by atoms with Crippen LogP contribution in [0.4, 0.5) is 5.69 Å². The normalized spacial score (nSPS) is 17.5. The molecule has 7 heteroatoms. The fourth-order valence-electron chi connectivity index (χ4n) is 2.52. The molecule has 0 bridgehead atoms. The summed E-state index contributed by atoms with van der Waals surface area (Å²) in [6.45, 7) is 5.53. The Kier molecular flexibility index (Phi) is 5.99. The first kappa shape index (κ1) is 18.5. The topological polar surface area (TPSA) is 69.7 Å². The van der Waals surface area contributed by atoms with Crippen LogP contribution in [0.3, 0.4) is 0 Å². The summed E-state index contributed by atoms with van der Waals surface area (Å²) >= 11 is 0. The summed E-state index contributed by atoms with van der Waals surface area (Å²) in [7, 11) is -3.66. The molecule has 0 aromatic heterocycles. The van der Waals surface area contributed by atoms with Crippen LogP contribution in [0.25, 0.3) is 0 Å². The van der Waals surface area contributed by atoms with Crippen molar-refractivity contribution in [1.82, 2.24) is 9.03 Å². The maximum atomic E-state index is 12.4. The number of piperazine rings is 1. The molecule has 0 spiro atoms. The van der Waals surface area contributed by atoms with E-state index in [0.717, 1.165) is 11.3 Å². The highest BCUT2D eigenvalue weighted by Crippen LogP contribution is 2.18. The van der Waals surface area contributed by atoms with Crippen molar-refractivity contribution in [3.63, 3.8) is 0 Å². The van der Waals surface area contributed by atoms with Crippen molar-refractivity contribution < 1.29 is 13.2 Å². The van der Waals surface area contributed by atoms with E-state index in [-0.39, 0.29) is 5.92 Å². The molecule has 1 saturated heterocycles. The molecule has 1 aliphatic heterocycles. The van der Waals surface area contributed by atoms with Crippen LogP contribution in [-0.2, 0) is 15.0 Å². The highest BCUT2D eigenvalue weighted by molar-refractivity contribution is 7.87. The molecule has 0 aliphatic carbocycles. The van der Waals surface area contributed by atoms with Gasteiger partial charge in [-0.2, -0.15) is 17.4 Å². The van der Waals surface area contributed by atoms with Crippen LogP contribution in [0.2, 0.25) is 0 Å². The number of aldehydes is 1. The predicted molar refractivity (Wildman–Crippen MR) is 94.9 cm³/mol. The summed E-state index contributed by atoms with van der Waals surface area (Å²) in [5, 5.41) is 0. The lowest BCUT2D eigenvalue weighted by Gasteiger charge is -2.36. The Hall–Kier alpha value is -1.88. The largest absolute Gasteiger partial charge is 0.369 e. The molecule has 6 nitrogen and oxygen atoms in total. The number of carbonyl (C=O) groups excluding carboxylic acids is 1. The molecule has 1 aromatic rings. The molecule has 24 heavy (non-hydrogen) atoms. The third kappa shape index (κ3) is 4.35. The summed E-state index contributed by atoms with van der Waals surface area (Å²) in [6.07, 6.45) is 5.99. The zero-order valence-corrected chi connectivity index (χ0v) is 14.8. The van der Waals surface area contributed by atoms with Crippen molar-refractivity contribution in [3.8, 4) is 12.3 Å². The van der Waals surface area contributed by atoms with Gasteiger partial charge in [0, 0.05) is 37.4 Å². The number of nitrogens with one attached hydrogen (secondary N) is 1. The first-order chi connectivity index (χ1) is 11.4. The second kappa shape index (κ2) is 7.79. The molecule has 0 radical (unpaired) electrons. The van der Waals surface area contributed by atoms with Crippen LogP contribution in [0.15, 0.2) is 24.3 Å². The van der Waals surface area contributed by atoms with Gasteiger partial charge < -0.3 is 9.69 Å². The van der Waals surface area contributed by atoms with Crippen molar-refractivity contribution in [2.45, 2.75) is 19.9 Å². The highest BCUT2D eigenvalue weighted by atomic mass is 32.2. The van der Waals surface area contributed by atoms with Crippen LogP contribution >= 0.6 is 0 Å². The second-order valence-corrected chi connectivity index (χ2v) is 7.81. The summed E-state index contributed by atoms with van der Waals surface area (Å²) in [5.74, 6) is 2.48. The molecular formula is C17H23N3O3S. The van der Waals surface area contributed by atoms with E-state index in [1.807, 2.05) is 24.3 Å². The lowest BCUT2D eigenvalue weighted by atomic mass is 10.1. The lowest BCUT2D eigenvalue weighted by Crippen LogP contribution is -2.54. The molecule has 0 amide bonds. The average molecular weight is 349 g/mol. The lowest BCUT2D eigenvalue weighted by molar-refractivity contribution is -0.110. The number of carbonyl (C=O) groups is 1.